The zero-order chi connectivity index (χ0) is 7.98. The predicted octanol–water partition coefficient (Wildman–Crippen LogP) is 0.147. The van der Waals surface area contributed by atoms with Crippen molar-refractivity contribution >= 4 is 30.8 Å². The lowest BCUT2D eigenvalue weighted by Gasteiger charge is -1.99. The Morgan fingerprint density at radius 1 is 1.42 bits per heavy atom. The second-order valence-electron chi connectivity index (χ2n) is 1.89. The number of rotatable bonds is 4. The van der Waals surface area contributed by atoms with Crippen LogP contribution in [0.1, 0.15) is 6.42 Å². The van der Waals surface area contributed by atoms with Crippen LogP contribution in [-0.2, 0) is 4.79 Å². The van der Waals surface area contributed by atoms with Crippen molar-refractivity contribution in [1.82, 2.24) is 0 Å². The van der Waals surface area contributed by atoms with Gasteiger partial charge < -0.3 is 16.6 Å². The Kier molecular flexibility index (Phi) is 15.8. The molecule has 5 N–H and O–H groups in total. The van der Waals surface area contributed by atoms with Crippen molar-refractivity contribution in [2.45, 2.75) is 12.5 Å². The number of hydrogen-bond donors (Lipinski definition) is 3. The van der Waals surface area contributed by atoms with Crippen LogP contribution in [0, 0.1) is 0 Å². The fraction of sp³-hybridized carbons (Fsp3) is 0.500. The minimum atomic E-state index is -0.985. The summed E-state index contributed by atoms with van der Waals surface area (Å²) in [4.78, 5) is 10.1. The van der Waals surface area contributed by atoms with Crippen LogP contribution in [-0.4, -0.2) is 23.7 Å². The van der Waals surface area contributed by atoms with Crippen LogP contribution in [0.5, 0.6) is 0 Å². The van der Waals surface area contributed by atoms with E-state index in [4.69, 9.17) is 16.6 Å². The van der Waals surface area contributed by atoms with Crippen LogP contribution in [0.15, 0.2) is 12.2 Å². The maximum Gasteiger partial charge on any atom is 0.320 e. The summed E-state index contributed by atoms with van der Waals surface area (Å²) in [6.07, 6.45) is 3.69. The molecule has 1 atom stereocenters. The molecule has 0 radical (unpaired) electrons. The van der Waals surface area contributed by atoms with Crippen LogP contribution in [0.4, 0.5) is 0 Å². The Labute approximate surface area is 83.8 Å². The Balaban J connectivity index is -0.000000405. The van der Waals surface area contributed by atoms with E-state index in [0.29, 0.717) is 13.0 Å². The van der Waals surface area contributed by atoms with Gasteiger partial charge in [-0.2, -0.15) is 0 Å². The zero-order valence-corrected chi connectivity index (χ0v) is 8.11. The molecule has 0 saturated heterocycles. The molecule has 0 aliphatic carbocycles. The molecule has 74 valence electrons. The second kappa shape index (κ2) is 10.7. The maximum absolute atomic E-state index is 10.1. The van der Waals surface area contributed by atoms with Crippen molar-refractivity contribution in [3.63, 3.8) is 0 Å². The monoisotopic (exact) mass is 216 g/mol. The molecular weight excluding hydrogens is 203 g/mol. The van der Waals surface area contributed by atoms with E-state index in [1.165, 1.54) is 0 Å². The van der Waals surface area contributed by atoms with E-state index in [0.717, 1.165) is 0 Å². The molecule has 4 nitrogen and oxygen atoms in total. The van der Waals surface area contributed by atoms with E-state index in [-0.39, 0.29) is 24.8 Å². The fourth-order valence-electron chi connectivity index (χ4n) is 0.440. The summed E-state index contributed by atoms with van der Waals surface area (Å²) >= 11 is 0. The third-order valence-electron chi connectivity index (χ3n) is 1.01. The van der Waals surface area contributed by atoms with Crippen molar-refractivity contribution < 1.29 is 9.90 Å². The van der Waals surface area contributed by atoms with Crippen LogP contribution in [0.2, 0.25) is 0 Å². The number of aliphatic carboxylic acids is 1. The molecule has 0 aliphatic heterocycles. The average molecular weight is 217 g/mol. The molecule has 1 unspecified atom stereocenters. The van der Waals surface area contributed by atoms with Crippen LogP contribution < -0.4 is 11.5 Å². The highest BCUT2D eigenvalue weighted by atomic mass is 35.5. The summed E-state index contributed by atoms with van der Waals surface area (Å²) in [5.41, 5.74) is 10.3. The normalized spacial score (nSPS) is 11.5. The van der Waals surface area contributed by atoms with E-state index in [2.05, 4.69) is 0 Å². The number of carboxylic acid groups (broad SMARTS) is 1. The lowest BCUT2D eigenvalue weighted by molar-refractivity contribution is -0.138. The third-order valence-corrected chi connectivity index (χ3v) is 1.01. The minimum Gasteiger partial charge on any atom is -0.480 e. The standard InChI is InChI=1S/C6H12N2O2.2ClH/c7-4-2-1-3-5(8)6(9)10;;/h1-2,5H,3-4,7-8H2,(H,9,10);2*1H/b2-1+;;. The number of nitrogens with two attached hydrogens (primary N) is 2. The molecular formula is C6H14Cl2N2O2. The highest BCUT2D eigenvalue weighted by Crippen LogP contribution is 1.88. The Morgan fingerprint density at radius 2 is 1.92 bits per heavy atom. The van der Waals surface area contributed by atoms with Crippen molar-refractivity contribution in [1.29, 1.82) is 0 Å². The summed E-state index contributed by atoms with van der Waals surface area (Å²) in [6, 6.07) is -0.803. The molecule has 12 heavy (non-hydrogen) atoms. The zero-order valence-electron chi connectivity index (χ0n) is 6.47. The van der Waals surface area contributed by atoms with Crippen LogP contribution in [0.3, 0.4) is 0 Å². The lowest BCUT2D eigenvalue weighted by atomic mass is 10.2. The van der Waals surface area contributed by atoms with Crippen LogP contribution in [0.25, 0.3) is 0 Å². The molecule has 0 aromatic rings. The molecule has 0 spiro atoms. The Hall–Kier alpha value is -0.290. The van der Waals surface area contributed by atoms with Gasteiger partial charge in [0.15, 0.2) is 0 Å². The fourth-order valence-corrected chi connectivity index (χ4v) is 0.440. The molecule has 6 heteroatoms. The van der Waals surface area contributed by atoms with E-state index < -0.39 is 12.0 Å². The van der Waals surface area contributed by atoms with Crippen LogP contribution >= 0.6 is 24.8 Å². The lowest BCUT2D eigenvalue weighted by Crippen LogP contribution is -2.29. The van der Waals surface area contributed by atoms with Crippen molar-refractivity contribution in [2.75, 3.05) is 6.54 Å². The van der Waals surface area contributed by atoms with E-state index >= 15 is 0 Å². The van der Waals surface area contributed by atoms with Crippen molar-refractivity contribution in [2.24, 2.45) is 11.5 Å². The molecule has 0 amide bonds. The highest BCUT2D eigenvalue weighted by Gasteiger charge is 2.07. The Bertz CT molecular complexity index is 142. The van der Waals surface area contributed by atoms with Gasteiger partial charge in [0.25, 0.3) is 0 Å². The molecule has 0 aliphatic rings. The van der Waals surface area contributed by atoms with E-state index in [9.17, 15) is 4.79 Å². The van der Waals surface area contributed by atoms with Gasteiger partial charge in [0, 0.05) is 6.54 Å². The quantitative estimate of drug-likeness (QED) is 0.584. The predicted molar refractivity (Wildman–Crippen MR) is 52.9 cm³/mol. The Morgan fingerprint density at radius 3 is 2.25 bits per heavy atom. The molecule has 0 aromatic heterocycles. The summed E-state index contributed by atoms with van der Waals surface area (Å²) in [6.45, 7) is 0.423. The molecule has 0 aromatic carbocycles. The van der Waals surface area contributed by atoms with Gasteiger partial charge in [-0.05, 0) is 6.42 Å². The molecule has 0 rings (SSSR count). The highest BCUT2D eigenvalue weighted by molar-refractivity contribution is 5.85. The van der Waals surface area contributed by atoms with Gasteiger partial charge in [-0.15, -0.1) is 24.8 Å². The van der Waals surface area contributed by atoms with Gasteiger partial charge in [-0.1, -0.05) is 12.2 Å². The van der Waals surface area contributed by atoms with E-state index in [1.54, 1.807) is 12.2 Å². The first-order valence-corrected chi connectivity index (χ1v) is 3.02. The molecule has 0 heterocycles. The SMILES string of the molecule is Cl.Cl.NC/C=C/CC(N)C(=O)O. The van der Waals surface area contributed by atoms with E-state index in [1.807, 2.05) is 0 Å². The van der Waals surface area contributed by atoms with Crippen molar-refractivity contribution in [3.05, 3.63) is 12.2 Å². The number of hydrogen-bond acceptors (Lipinski definition) is 3. The first-order valence-electron chi connectivity index (χ1n) is 3.02. The molecule has 0 bridgehead atoms. The largest absolute Gasteiger partial charge is 0.480 e. The van der Waals surface area contributed by atoms with Gasteiger partial charge >= 0.3 is 5.97 Å². The smallest absolute Gasteiger partial charge is 0.320 e. The minimum absolute atomic E-state index is 0. The molecule has 0 saturated carbocycles. The van der Waals surface area contributed by atoms with Gasteiger partial charge in [0.05, 0.1) is 0 Å². The summed E-state index contributed by atoms with van der Waals surface area (Å²) < 4.78 is 0. The maximum atomic E-state index is 10.1. The second-order valence-corrected chi connectivity index (χ2v) is 1.89. The first kappa shape index (κ1) is 17.7. The van der Waals surface area contributed by atoms with Crippen molar-refractivity contribution in [3.8, 4) is 0 Å². The summed E-state index contributed by atoms with van der Waals surface area (Å²) in [5.74, 6) is -0.985. The first-order chi connectivity index (χ1) is 4.68. The third kappa shape index (κ3) is 9.71. The summed E-state index contributed by atoms with van der Waals surface area (Å²) in [7, 11) is 0. The van der Waals surface area contributed by atoms with Gasteiger partial charge in [-0.25, -0.2) is 0 Å². The topological polar surface area (TPSA) is 89.3 Å². The average Bonchev–Trinajstić information content (AvgIpc) is 1.88. The van der Waals surface area contributed by atoms with Gasteiger partial charge in [-0.3, -0.25) is 4.79 Å². The number of carbonyl (C=O) groups is 1. The molecule has 0 fully saturated rings. The summed E-state index contributed by atoms with van der Waals surface area (Å²) in [5, 5.41) is 8.29. The van der Waals surface area contributed by atoms with Gasteiger partial charge in [0.1, 0.15) is 6.04 Å². The number of carboxylic acids is 1. The van der Waals surface area contributed by atoms with Gasteiger partial charge in [0.2, 0.25) is 0 Å². The number of halogens is 2.